The van der Waals surface area contributed by atoms with Gasteiger partial charge in [0.25, 0.3) is 0 Å². The second-order valence-electron chi connectivity index (χ2n) is 7.80. The number of nitrogens with one attached hydrogen (secondary N) is 2. The Bertz CT molecular complexity index is 717. The number of benzene rings is 1. The van der Waals surface area contributed by atoms with Crippen molar-refractivity contribution in [3.05, 3.63) is 35.9 Å². The van der Waals surface area contributed by atoms with Crippen LogP contribution in [0.5, 0.6) is 0 Å². The molecule has 0 spiro atoms. The molecule has 2 atom stereocenters. The molecule has 2 amide bonds. The van der Waals surface area contributed by atoms with Crippen molar-refractivity contribution in [1.29, 1.82) is 0 Å². The average molecular weight is 432 g/mol. The van der Waals surface area contributed by atoms with Crippen LogP contribution in [0.2, 0.25) is 0 Å². The highest BCUT2D eigenvalue weighted by Crippen LogP contribution is 2.22. The molecule has 0 unspecified atom stereocenters. The number of carboxylic acid groups (broad SMARTS) is 1. The van der Waals surface area contributed by atoms with E-state index in [1.54, 1.807) is 51.1 Å². The summed E-state index contributed by atoms with van der Waals surface area (Å²) in [7, 11) is 0. The first kappa shape index (κ1) is 25.3. The first-order valence-electron chi connectivity index (χ1n) is 9.40. The first-order chi connectivity index (χ1) is 13.8. The van der Waals surface area contributed by atoms with Crippen molar-refractivity contribution in [2.45, 2.75) is 70.3 Å². The Morgan fingerprint density at radius 2 is 1.63 bits per heavy atom. The topological polar surface area (TPSA) is 105 Å². The van der Waals surface area contributed by atoms with E-state index in [0.29, 0.717) is 5.56 Å². The normalized spacial score (nSPS) is 13.8. The summed E-state index contributed by atoms with van der Waals surface area (Å²) in [5, 5.41) is 13.9. The predicted molar refractivity (Wildman–Crippen MR) is 103 cm³/mol. The first-order valence-corrected chi connectivity index (χ1v) is 9.40. The fourth-order valence-corrected chi connectivity index (χ4v) is 2.55. The molecule has 0 heterocycles. The lowest BCUT2D eigenvalue weighted by Crippen LogP contribution is -2.53. The Balaban J connectivity index is 2.87. The predicted octanol–water partition coefficient (Wildman–Crippen LogP) is 3.42. The Labute approximate surface area is 173 Å². The molecule has 0 bridgehead atoms. The van der Waals surface area contributed by atoms with Gasteiger partial charge in [0.15, 0.2) is 0 Å². The molecular formula is C20H27F3N2O5. The van der Waals surface area contributed by atoms with E-state index < -0.39 is 61.1 Å². The molecule has 10 heteroatoms. The number of alkyl carbamates (subject to hydrolysis) is 1. The summed E-state index contributed by atoms with van der Waals surface area (Å²) in [6, 6.07) is 5.97. The zero-order valence-electron chi connectivity index (χ0n) is 17.1. The number of alkyl halides is 3. The second kappa shape index (κ2) is 10.8. The molecule has 0 radical (unpaired) electrons. The quantitative estimate of drug-likeness (QED) is 0.555. The minimum Gasteiger partial charge on any atom is -0.480 e. The lowest BCUT2D eigenvalue weighted by molar-refractivity contribution is -0.145. The summed E-state index contributed by atoms with van der Waals surface area (Å²) >= 11 is 0. The fraction of sp³-hybridized carbons (Fsp3) is 0.550. The molecule has 7 nitrogen and oxygen atoms in total. The highest BCUT2D eigenvalue weighted by Gasteiger charge is 2.31. The molecule has 1 aromatic rings. The molecule has 1 aromatic carbocycles. The van der Waals surface area contributed by atoms with Crippen LogP contribution in [0.15, 0.2) is 30.3 Å². The van der Waals surface area contributed by atoms with Gasteiger partial charge in [-0.3, -0.25) is 4.79 Å². The fourth-order valence-electron chi connectivity index (χ4n) is 2.55. The summed E-state index contributed by atoms with van der Waals surface area (Å²) in [4.78, 5) is 36.1. The molecule has 3 N–H and O–H groups in total. The highest BCUT2D eigenvalue weighted by atomic mass is 19.4. The summed E-state index contributed by atoms with van der Waals surface area (Å²) in [5.41, 5.74) is -0.128. The third-order valence-corrected chi connectivity index (χ3v) is 3.86. The van der Waals surface area contributed by atoms with E-state index in [9.17, 15) is 32.7 Å². The number of halogens is 3. The third kappa shape index (κ3) is 10.7. The third-order valence-electron chi connectivity index (χ3n) is 3.86. The SMILES string of the molecule is CC(C)(C)OC(=O)N[C@H](Cc1ccccc1)C(=O)N[C@H](CCCC(F)(F)F)C(=O)O. The zero-order valence-corrected chi connectivity index (χ0v) is 17.1. The van der Waals surface area contributed by atoms with Crippen LogP contribution in [-0.2, 0) is 20.7 Å². The molecule has 30 heavy (non-hydrogen) atoms. The molecule has 0 aliphatic rings. The van der Waals surface area contributed by atoms with Gasteiger partial charge >= 0.3 is 18.2 Å². The van der Waals surface area contributed by atoms with Crippen LogP contribution in [0.1, 0.15) is 45.6 Å². The van der Waals surface area contributed by atoms with Crippen molar-refractivity contribution < 1.29 is 37.4 Å². The smallest absolute Gasteiger partial charge is 0.408 e. The Morgan fingerprint density at radius 1 is 1.03 bits per heavy atom. The van der Waals surface area contributed by atoms with Crippen LogP contribution in [0, 0.1) is 0 Å². The lowest BCUT2D eigenvalue weighted by Gasteiger charge is -2.24. The maximum atomic E-state index is 12.7. The van der Waals surface area contributed by atoms with Gasteiger partial charge in [-0.15, -0.1) is 0 Å². The van der Waals surface area contributed by atoms with E-state index in [1.165, 1.54) is 0 Å². The van der Waals surface area contributed by atoms with Gasteiger partial charge in [0.05, 0.1) is 0 Å². The van der Waals surface area contributed by atoms with Gasteiger partial charge in [-0.1, -0.05) is 30.3 Å². The van der Waals surface area contributed by atoms with Crippen LogP contribution in [0.3, 0.4) is 0 Å². The highest BCUT2D eigenvalue weighted by molar-refractivity contribution is 5.89. The molecule has 0 fully saturated rings. The molecule has 168 valence electrons. The number of carboxylic acids is 1. The van der Waals surface area contributed by atoms with E-state index >= 15 is 0 Å². The minimum absolute atomic E-state index is 0.0425. The Kier molecular flexibility index (Phi) is 9.13. The Hall–Kier alpha value is -2.78. The van der Waals surface area contributed by atoms with Crippen molar-refractivity contribution in [1.82, 2.24) is 10.6 Å². The van der Waals surface area contributed by atoms with Crippen LogP contribution in [0.25, 0.3) is 0 Å². The molecule has 0 saturated heterocycles. The molecule has 0 aromatic heterocycles. The minimum atomic E-state index is -4.42. The summed E-state index contributed by atoms with van der Waals surface area (Å²) < 4.78 is 42.1. The van der Waals surface area contributed by atoms with Crippen molar-refractivity contribution in [2.75, 3.05) is 0 Å². The monoisotopic (exact) mass is 432 g/mol. The summed E-state index contributed by atoms with van der Waals surface area (Å²) in [5.74, 6) is -2.29. The van der Waals surface area contributed by atoms with E-state index in [1.807, 2.05) is 0 Å². The van der Waals surface area contributed by atoms with Crippen molar-refractivity contribution in [3.8, 4) is 0 Å². The number of carbonyl (C=O) groups excluding carboxylic acids is 2. The summed E-state index contributed by atoms with van der Waals surface area (Å²) in [6.07, 6.45) is -7.25. The van der Waals surface area contributed by atoms with Crippen LogP contribution in [0.4, 0.5) is 18.0 Å². The number of ether oxygens (including phenoxy) is 1. The summed E-state index contributed by atoms with van der Waals surface area (Å²) in [6.45, 7) is 4.92. The van der Waals surface area contributed by atoms with Crippen LogP contribution >= 0.6 is 0 Å². The van der Waals surface area contributed by atoms with E-state index in [-0.39, 0.29) is 6.42 Å². The van der Waals surface area contributed by atoms with Crippen molar-refractivity contribution in [2.24, 2.45) is 0 Å². The number of rotatable bonds is 9. The molecule has 1 rings (SSSR count). The number of hydrogen-bond acceptors (Lipinski definition) is 4. The van der Waals surface area contributed by atoms with E-state index in [4.69, 9.17) is 4.74 Å². The van der Waals surface area contributed by atoms with Crippen LogP contribution in [-0.4, -0.2) is 46.9 Å². The number of hydrogen-bond donors (Lipinski definition) is 3. The molecule has 0 aliphatic carbocycles. The van der Waals surface area contributed by atoms with Gasteiger partial charge in [0.1, 0.15) is 17.7 Å². The van der Waals surface area contributed by atoms with Gasteiger partial charge in [-0.25, -0.2) is 9.59 Å². The maximum Gasteiger partial charge on any atom is 0.408 e. The number of aliphatic carboxylic acids is 1. The standard InChI is InChI=1S/C20H27F3N2O5/c1-19(2,3)30-18(29)25-15(12-13-8-5-4-6-9-13)16(26)24-14(17(27)28)10-7-11-20(21,22)23/h4-6,8-9,14-15H,7,10-12H2,1-3H3,(H,24,26)(H,25,29)(H,27,28)/t14-,15-/m1/s1. The molecule has 0 aliphatic heterocycles. The van der Waals surface area contributed by atoms with Gasteiger partial charge in [-0.05, 0) is 39.2 Å². The zero-order chi connectivity index (χ0) is 22.9. The van der Waals surface area contributed by atoms with Crippen molar-refractivity contribution in [3.63, 3.8) is 0 Å². The second-order valence-corrected chi connectivity index (χ2v) is 7.80. The van der Waals surface area contributed by atoms with Crippen LogP contribution < -0.4 is 10.6 Å². The Morgan fingerprint density at radius 3 is 2.13 bits per heavy atom. The number of amides is 2. The van der Waals surface area contributed by atoms with Gasteiger partial charge in [-0.2, -0.15) is 13.2 Å². The van der Waals surface area contributed by atoms with Gasteiger partial charge < -0.3 is 20.5 Å². The van der Waals surface area contributed by atoms with Gasteiger partial charge in [0, 0.05) is 12.8 Å². The van der Waals surface area contributed by atoms with Gasteiger partial charge in [0.2, 0.25) is 5.91 Å². The average Bonchev–Trinajstić information content (AvgIpc) is 2.58. The molecule has 0 saturated carbocycles. The maximum absolute atomic E-state index is 12.7. The molecular weight excluding hydrogens is 405 g/mol. The van der Waals surface area contributed by atoms with Crippen molar-refractivity contribution >= 4 is 18.0 Å². The lowest BCUT2D eigenvalue weighted by atomic mass is 10.0. The largest absolute Gasteiger partial charge is 0.480 e. The van der Waals surface area contributed by atoms with E-state index in [2.05, 4.69) is 10.6 Å². The van der Waals surface area contributed by atoms with E-state index in [0.717, 1.165) is 0 Å². The number of carbonyl (C=O) groups is 3.